The van der Waals surface area contributed by atoms with Crippen LogP contribution in [0.4, 0.5) is 13.2 Å². The molecule has 0 radical (unpaired) electrons. The Morgan fingerprint density at radius 2 is 1.82 bits per heavy atom. The minimum Gasteiger partial charge on any atom is -0.435 e. The normalized spacial score (nSPS) is 11.1. The fraction of sp³-hybridized carbons (Fsp3) is 0.0625. The molecule has 0 amide bonds. The molecule has 0 saturated heterocycles. The van der Waals surface area contributed by atoms with Crippen LogP contribution in [0.1, 0.15) is 15.9 Å². The van der Waals surface area contributed by atoms with E-state index >= 15 is 0 Å². The molecular weight excluding hydrogens is 317 g/mol. The summed E-state index contributed by atoms with van der Waals surface area (Å²) in [6.45, 7) is -2.93. The molecule has 114 valence electrons. The van der Waals surface area contributed by atoms with Crippen LogP contribution < -0.4 is 4.74 Å². The summed E-state index contributed by atoms with van der Waals surface area (Å²) in [7, 11) is 0. The molecule has 0 atom stereocenters. The fourth-order valence-electron chi connectivity index (χ4n) is 1.73. The molecule has 2 nitrogen and oxygen atoms in total. The van der Waals surface area contributed by atoms with Gasteiger partial charge in [0.15, 0.2) is 5.78 Å². The van der Waals surface area contributed by atoms with E-state index in [9.17, 15) is 18.0 Å². The van der Waals surface area contributed by atoms with E-state index in [1.165, 1.54) is 48.5 Å². The van der Waals surface area contributed by atoms with E-state index in [-0.39, 0.29) is 21.9 Å². The zero-order valence-corrected chi connectivity index (χ0v) is 11.9. The Balaban J connectivity index is 2.13. The SMILES string of the molecule is O=C(/C=C/c1c(F)cccc1Cl)c1ccc(OC(F)F)cc1. The standard InChI is InChI=1S/C16H10ClF3O2/c17-13-2-1-3-14(18)12(13)8-9-15(21)10-4-6-11(7-5-10)22-16(19)20/h1-9,16H/b9-8+. The van der Waals surface area contributed by atoms with Crippen LogP contribution in [0.25, 0.3) is 6.08 Å². The maximum absolute atomic E-state index is 13.5. The van der Waals surface area contributed by atoms with Gasteiger partial charge in [0.2, 0.25) is 0 Å². The second-order valence-corrected chi connectivity index (χ2v) is 4.64. The fourth-order valence-corrected chi connectivity index (χ4v) is 1.95. The Labute approximate surface area is 129 Å². The average Bonchev–Trinajstić information content (AvgIpc) is 2.46. The Morgan fingerprint density at radius 3 is 2.41 bits per heavy atom. The van der Waals surface area contributed by atoms with Gasteiger partial charge >= 0.3 is 6.61 Å². The molecule has 0 aromatic heterocycles. The van der Waals surface area contributed by atoms with Gasteiger partial charge in [-0.15, -0.1) is 0 Å². The number of benzene rings is 2. The molecule has 0 fully saturated rings. The summed E-state index contributed by atoms with van der Waals surface area (Å²) in [5.41, 5.74) is 0.362. The van der Waals surface area contributed by atoms with Crippen molar-refractivity contribution < 1.29 is 22.7 Å². The lowest BCUT2D eigenvalue weighted by Gasteiger charge is -2.04. The van der Waals surface area contributed by atoms with E-state index in [1.807, 2.05) is 0 Å². The number of ether oxygens (including phenoxy) is 1. The van der Waals surface area contributed by atoms with Gasteiger partial charge in [0.05, 0.1) is 5.02 Å². The highest BCUT2D eigenvalue weighted by Crippen LogP contribution is 2.21. The minimum absolute atomic E-state index is 0.0484. The molecule has 0 spiro atoms. The van der Waals surface area contributed by atoms with Crippen LogP contribution in [-0.2, 0) is 0 Å². The van der Waals surface area contributed by atoms with E-state index in [0.717, 1.165) is 6.08 Å². The second kappa shape index (κ2) is 7.13. The Morgan fingerprint density at radius 1 is 1.14 bits per heavy atom. The van der Waals surface area contributed by atoms with Crippen molar-refractivity contribution in [3.8, 4) is 5.75 Å². The molecule has 0 heterocycles. The van der Waals surface area contributed by atoms with Crippen molar-refractivity contribution in [2.75, 3.05) is 0 Å². The largest absolute Gasteiger partial charge is 0.435 e. The number of alkyl halides is 2. The van der Waals surface area contributed by atoms with E-state index in [2.05, 4.69) is 4.74 Å². The van der Waals surface area contributed by atoms with E-state index in [0.29, 0.717) is 0 Å². The van der Waals surface area contributed by atoms with Gasteiger partial charge in [-0.05, 0) is 48.6 Å². The van der Waals surface area contributed by atoms with Crippen molar-refractivity contribution in [1.82, 2.24) is 0 Å². The molecule has 0 saturated carbocycles. The maximum atomic E-state index is 13.5. The summed E-state index contributed by atoms with van der Waals surface area (Å²) in [5.74, 6) is -1.01. The van der Waals surface area contributed by atoms with Crippen LogP contribution in [0.5, 0.6) is 5.75 Å². The summed E-state index contributed by atoms with van der Waals surface area (Å²) in [4.78, 5) is 11.9. The minimum atomic E-state index is -2.93. The topological polar surface area (TPSA) is 26.3 Å². The van der Waals surface area contributed by atoms with Crippen molar-refractivity contribution in [3.05, 3.63) is 70.5 Å². The maximum Gasteiger partial charge on any atom is 0.387 e. The van der Waals surface area contributed by atoms with Gasteiger partial charge in [-0.2, -0.15) is 8.78 Å². The van der Waals surface area contributed by atoms with Crippen molar-refractivity contribution >= 4 is 23.5 Å². The molecule has 6 heteroatoms. The number of carbonyl (C=O) groups is 1. The van der Waals surface area contributed by atoms with Crippen LogP contribution in [0.15, 0.2) is 48.5 Å². The zero-order chi connectivity index (χ0) is 16.1. The summed E-state index contributed by atoms with van der Waals surface area (Å²) >= 11 is 5.84. The quantitative estimate of drug-likeness (QED) is 0.572. The van der Waals surface area contributed by atoms with Crippen LogP contribution >= 0.6 is 11.6 Å². The average molecular weight is 327 g/mol. The van der Waals surface area contributed by atoms with Crippen molar-refractivity contribution in [2.45, 2.75) is 6.61 Å². The van der Waals surface area contributed by atoms with Gasteiger partial charge < -0.3 is 4.74 Å². The predicted octanol–water partition coefficient (Wildman–Crippen LogP) is 4.98. The highest BCUT2D eigenvalue weighted by molar-refractivity contribution is 6.32. The van der Waals surface area contributed by atoms with Gasteiger partial charge in [0.25, 0.3) is 0 Å². The first-order valence-corrected chi connectivity index (χ1v) is 6.56. The summed E-state index contributed by atoms with van der Waals surface area (Å²) in [6, 6.07) is 9.38. The third kappa shape index (κ3) is 4.11. The van der Waals surface area contributed by atoms with Gasteiger partial charge in [0, 0.05) is 11.1 Å². The van der Waals surface area contributed by atoms with Crippen molar-refractivity contribution in [3.63, 3.8) is 0 Å². The van der Waals surface area contributed by atoms with Crippen molar-refractivity contribution in [2.24, 2.45) is 0 Å². The van der Waals surface area contributed by atoms with Gasteiger partial charge in [-0.25, -0.2) is 4.39 Å². The lowest BCUT2D eigenvalue weighted by Crippen LogP contribution is -2.02. The first-order valence-electron chi connectivity index (χ1n) is 6.18. The third-order valence-corrected chi connectivity index (χ3v) is 3.09. The number of ketones is 1. The number of hydrogen-bond acceptors (Lipinski definition) is 2. The first-order chi connectivity index (χ1) is 10.5. The number of hydrogen-bond donors (Lipinski definition) is 0. The van der Waals surface area contributed by atoms with Crippen LogP contribution in [0.2, 0.25) is 5.02 Å². The molecule has 0 bridgehead atoms. The summed E-state index contributed by atoms with van der Waals surface area (Å²) < 4.78 is 41.8. The monoisotopic (exact) mass is 326 g/mol. The highest BCUT2D eigenvalue weighted by Gasteiger charge is 2.07. The lowest BCUT2D eigenvalue weighted by atomic mass is 10.1. The van der Waals surface area contributed by atoms with Gasteiger partial charge in [-0.1, -0.05) is 17.7 Å². The van der Waals surface area contributed by atoms with E-state index in [4.69, 9.17) is 11.6 Å². The molecule has 0 aliphatic heterocycles. The molecule has 0 aliphatic carbocycles. The molecule has 0 unspecified atom stereocenters. The summed E-state index contributed by atoms with van der Waals surface area (Å²) in [5, 5.41) is 0.185. The number of rotatable bonds is 5. The van der Waals surface area contributed by atoms with Crippen LogP contribution in [0.3, 0.4) is 0 Å². The van der Waals surface area contributed by atoms with Crippen LogP contribution in [0, 0.1) is 5.82 Å². The first kappa shape index (κ1) is 16.1. The van der Waals surface area contributed by atoms with Gasteiger partial charge in [-0.3, -0.25) is 4.79 Å². The second-order valence-electron chi connectivity index (χ2n) is 4.24. The molecule has 0 aliphatic rings. The number of carbonyl (C=O) groups excluding carboxylic acids is 1. The smallest absolute Gasteiger partial charge is 0.387 e. The van der Waals surface area contributed by atoms with E-state index < -0.39 is 18.2 Å². The molecule has 22 heavy (non-hydrogen) atoms. The molecular formula is C16H10ClF3O2. The lowest BCUT2D eigenvalue weighted by molar-refractivity contribution is -0.0498. The number of allylic oxidation sites excluding steroid dienone is 1. The summed E-state index contributed by atoms with van der Waals surface area (Å²) in [6.07, 6.45) is 2.43. The van der Waals surface area contributed by atoms with Crippen LogP contribution in [-0.4, -0.2) is 12.4 Å². The molecule has 2 rings (SSSR count). The number of halogens is 4. The molecule has 0 N–H and O–H groups in total. The molecule has 2 aromatic carbocycles. The Kier molecular flexibility index (Phi) is 5.22. The van der Waals surface area contributed by atoms with E-state index in [1.54, 1.807) is 0 Å². The van der Waals surface area contributed by atoms with Crippen molar-refractivity contribution in [1.29, 1.82) is 0 Å². The molecule has 2 aromatic rings. The Bertz CT molecular complexity index is 677. The zero-order valence-electron chi connectivity index (χ0n) is 11.1. The third-order valence-electron chi connectivity index (χ3n) is 2.77. The van der Waals surface area contributed by atoms with Gasteiger partial charge in [0.1, 0.15) is 11.6 Å². The predicted molar refractivity (Wildman–Crippen MR) is 77.8 cm³/mol. The Hall–Kier alpha value is -2.27. The highest BCUT2D eigenvalue weighted by atomic mass is 35.5.